The van der Waals surface area contributed by atoms with Crippen LogP contribution in [-0.2, 0) is 14.3 Å². The predicted octanol–water partition coefficient (Wildman–Crippen LogP) is 2.16. The molecule has 0 aliphatic carbocycles. The van der Waals surface area contributed by atoms with E-state index in [0.717, 1.165) is 12.2 Å². The van der Waals surface area contributed by atoms with E-state index >= 15 is 0 Å². The maximum absolute atomic E-state index is 11.6. The van der Waals surface area contributed by atoms with Crippen LogP contribution in [0.1, 0.15) is 19.3 Å². The summed E-state index contributed by atoms with van der Waals surface area (Å²) < 4.78 is 5.00. The average molecular weight is 311 g/mol. The molecule has 0 radical (unpaired) electrons. The van der Waals surface area contributed by atoms with Crippen molar-refractivity contribution in [3.63, 3.8) is 0 Å². The van der Waals surface area contributed by atoms with Crippen LogP contribution < -0.4 is 5.32 Å². The summed E-state index contributed by atoms with van der Waals surface area (Å²) >= 11 is 1.72. The molecule has 21 heavy (non-hydrogen) atoms. The summed E-state index contributed by atoms with van der Waals surface area (Å²) in [5.74, 6) is -0.133. The van der Waals surface area contributed by atoms with Crippen LogP contribution in [0.5, 0.6) is 0 Å². The van der Waals surface area contributed by atoms with Crippen molar-refractivity contribution in [2.45, 2.75) is 30.3 Å². The fourth-order valence-corrected chi connectivity index (χ4v) is 2.56. The third-order valence-electron chi connectivity index (χ3n) is 2.82. The molecule has 1 rings (SSSR count). The summed E-state index contributed by atoms with van der Waals surface area (Å²) in [6.45, 7) is 0.230. The van der Waals surface area contributed by atoms with Gasteiger partial charge >= 0.3 is 5.97 Å². The number of benzene rings is 1. The Morgan fingerprint density at radius 2 is 2.05 bits per heavy atom. The summed E-state index contributed by atoms with van der Waals surface area (Å²) in [5, 5.41) is 11.4. The van der Waals surface area contributed by atoms with Crippen molar-refractivity contribution >= 4 is 23.6 Å². The molecule has 6 heteroatoms. The van der Waals surface area contributed by atoms with Crippen LogP contribution >= 0.6 is 11.8 Å². The molecule has 1 aromatic carbocycles. The van der Waals surface area contributed by atoms with Gasteiger partial charge in [-0.05, 0) is 24.3 Å². The summed E-state index contributed by atoms with van der Waals surface area (Å²) in [5.41, 5.74) is 0. The van der Waals surface area contributed by atoms with Crippen LogP contribution in [0.2, 0.25) is 0 Å². The molecule has 1 unspecified atom stereocenters. The second-order valence-corrected chi connectivity index (χ2v) is 5.69. The molecule has 0 aromatic heterocycles. The molecular formula is C15H21NO4S. The lowest BCUT2D eigenvalue weighted by Crippen LogP contribution is -2.34. The average Bonchev–Trinajstić information content (AvgIpc) is 2.48. The lowest BCUT2D eigenvalue weighted by molar-refractivity contribution is -0.140. The molecule has 1 atom stereocenters. The molecule has 0 fully saturated rings. The molecule has 2 N–H and O–H groups in total. The van der Waals surface area contributed by atoms with Gasteiger partial charge in [-0.3, -0.25) is 9.59 Å². The van der Waals surface area contributed by atoms with E-state index in [9.17, 15) is 9.59 Å². The maximum atomic E-state index is 11.6. The van der Waals surface area contributed by atoms with Crippen molar-refractivity contribution in [3.05, 3.63) is 30.3 Å². The lowest BCUT2D eigenvalue weighted by atomic mass is 10.2. The Morgan fingerprint density at radius 1 is 1.33 bits per heavy atom. The first-order chi connectivity index (χ1) is 10.1. The zero-order valence-electron chi connectivity index (χ0n) is 12.1. The minimum Gasteiger partial charge on any atom is -0.481 e. The third-order valence-corrected chi connectivity index (χ3v) is 3.92. The van der Waals surface area contributed by atoms with E-state index < -0.39 is 12.1 Å². The van der Waals surface area contributed by atoms with Gasteiger partial charge in [-0.15, -0.1) is 11.8 Å². The fraction of sp³-hybridized carbons (Fsp3) is 0.467. The van der Waals surface area contributed by atoms with Crippen LogP contribution in [0.15, 0.2) is 35.2 Å². The number of amides is 1. The molecule has 116 valence electrons. The molecule has 0 saturated heterocycles. The summed E-state index contributed by atoms with van der Waals surface area (Å²) in [4.78, 5) is 23.4. The van der Waals surface area contributed by atoms with E-state index in [1.807, 2.05) is 30.3 Å². The number of ether oxygens (including phenoxy) is 1. The number of hydrogen-bond donors (Lipinski definition) is 2. The molecular weight excluding hydrogens is 290 g/mol. The van der Waals surface area contributed by atoms with Gasteiger partial charge in [0.25, 0.3) is 0 Å². The second-order valence-electron chi connectivity index (χ2n) is 4.52. The second kappa shape index (κ2) is 10.2. The van der Waals surface area contributed by atoms with E-state index in [4.69, 9.17) is 9.84 Å². The molecule has 0 saturated carbocycles. The van der Waals surface area contributed by atoms with Gasteiger partial charge in [-0.25, -0.2) is 0 Å². The van der Waals surface area contributed by atoms with E-state index in [0.29, 0.717) is 6.42 Å². The first-order valence-corrected chi connectivity index (χ1v) is 7.79. The largest absolute Gasteiger partial charge is 0.481 e. The first-order valence-electron chi connectivity index (χ1n) is 6.81. The van der Waals surface area contributed by atoms with E-state index in [1.54, 1.807) is 11.8 Å². The highest BCUT2D eigenvalue weighted by Crippen LogP contribution is 2.18. The topological polar surface area (TPSA) is 75.6 Å². The number of thioether (sulfide) groups is 1. The van der Waals surface area contributed by atoms with Crippen molar-refractivity contribution in [3.8, 4) is 0 Å². The summed E-state index contributed by atoms with van der Waals surface area (Å²) in [7, 11) is 1.44. The molecule has 0 bridgehead atoms. The van der Waals surface area contributed by atoms with Gasteiger partial charge in [0.1, 0.15) is 0 Å². The molecule has 0 aliphatic rings. The van der Waals surface area contributed by atoms with Gasteiger partial charge < -0.3 is 15.2 Å². The van der Waals surface area contributed by atoms with Crippen molar-refractivity contribution in [2.24, 2.45) is 0 Å². The molecule has 0 heterocycles. The SMILES string of the molecule is COC(CNC(=O)CCCSc1ccccc1)CC(=O)O. The Labute approximate surface area is 129 Å². The van der Waals surface area contributed by atoms with Crippen LogP contribution in [0.4, 0.5) is 0 Å². The van der Waals surface area contributed by atoms with Crippen LogP contribution in [0.3, 0.4) is 0 Å². The minimum atomic E-state index is -0.935. The Hall–Kier alpha value is -1.53. The van der Waals surface area contributed by atoms with Gasteiger partial charge in [-0.1, -0.05) is 18.2 Å². The van der Waals surface area contributed by atoms with Crippen molar-refractivity contribution in [1.82, 2.24) is 5.32 Å². The van der Waals surface area contributed by atoms with Crippen molar-refractivity contribution in [2.75, 3.05) is 19.4 Å². The standard InChI is InChI=1S/C15H21NO4S/c1-20-12(10-15(18)19)11-16-14(17)8-5-9-21-13-6-3-2-4-7-13/h2-4,6-7,12H,5,8-11H2,1H3,(H,16,17)(H,18,19). The fourth-order valence-electron chi connectivity index (χ4n) is 1.69. The minimum absolute atomic E-state index is 0.0731. The van der Waals surface area contributed by atoms with Crippen molar-refractivity contribution in [1.29, 1.82) is 0 Å². The number of carbonyl (C=O) groups excluding carboxylic acids is 1. The Bertz CT molecular complexity index is 439. The number of carboxylic acid groups (broad SMARTS) is 1. The zero-order valence-corrected chi connectivity index (χ0v) is 12.9. The van der Waals surface area contributed by atoms with Gasteiger partial charge in [-0.2, -0.15) is 0 Å². The van der Waals surface area contributed by atoms with Crippen molar-refractivity contribution < 1.29 is 19.4 Å². The lowest BCUT2D eigenvalue weighted by Gasteiger charge is -2.13. The highest BCUT2D eigenvalue weighted by molar-refractivity contribution is 7.99. The van der Waals surface area contributed by atoms with Gasteiger partial charge in [0, 0.05) is 25.0 Å². The molecule has 0 spiro atoms. The number of carbonyl (C=O) groups is 2. The van der Waals surface area contributed by atoms with Gasteiger partial charge in [0.2, 0.25) is 5.91 Å². The summed E-state index contributed by atoms with van der Waals surface area (Å²) in [6, 6.07) is 10.0. The maximum Gasteiger partial charge on any atom is 0.306 e. The number of methoxy groups -OCH3 is 1. The molecule has 5 nitrogen and oxygen atoms in total. The number of hydrogen-bond acceptors (Lipinski definition) is 4. The highest BCUT2D eigenvalue weighted by Gasteiger charge is 2.13. The Balaban J connectivity index is 2.12. The van der Waals surface area contributed by atoms with Gasteiger partial charge in [0.15, 0.2) is 0 Å². The first kappa shape index (κ1) is 17.5. The number of nitrogens with one attached hydrogen (secondary N) is 1. The monoisotopic (exact) mass is 311 g/mol. The van der Waals surface area contributed by atoms with Gasteiger partial charge in [0.05, 0.1) is 12.5 Å². The van der Waals surface area contributed by atoms with Crippen LogP contribution in [0, 0.1) is 0 Å². The molecule has 0 aliphatic heterocycles. The number of carboxylic acids is 1. The van der Waals surface area contributed by atoms with E-state index in [-0.39, 0.29) is 18.9 Å². The van der Waals surface area contributed by atoms with Crippen LogP contribution in [-0.4, -0.2) is 42.5 Å². The van der Waals surface area contributed by atoms with E-state index in [1.165, 1.54) is 12.0 Å². The number of aliphatic carboxylic acids is 1. The molecule has 1 amide bonds. The Morgan fingerprint density at radius 3 is 2.67 bits per heavy atom. The summed E-state index contributed by atoms with van der Waals surface area (Å²) in [6.07, 6.45) is 0.622. The zero-order chi connectivity index (χ0) is 15.5. The quantitative estimate of drug-likeness (QED) is 0.511. The number of rotatable bonds is 10. The Kier molecular flexibility index (Phi) is 8.54. The molecule has 1 aromatic rings. The highest BCUT2D eigenvalue weighted by atomic mass is 32.2. The normalized spacial score (nSPS) is 11.9. The predicted molar refractivity (Wildman–Crippen MR) is 82.5 cm³/mol. The van der Waals surface area contributed by atoms with E-state index in [2.05, 4.69) is 5.32 Å². The smallest absolute Gasteiger partial charge is 0.306 e. The van der Waals surface area contributed by atoms with Crippen LogP contribution in [0.25, 0.3) is 0 Å². The third kappa shape index (κ3) is 8.37.